The van der Waals surface area contributed by atoms with E-state index in [2.05, 4.69) is 26.8 Å². The van der Waals surface area contributed by atoms with Gasteiger partial charge in [-0.25, -0.2) is 0 Å². The fraction of sp³-hybridized carbons (Fsp3) is 0.176. The van der Waals surface area contributed by atoms with Gasteiger partial charge in [0.25, 0.3) is 11.8 Å². The van der Waals surface area contributed by atoms with E-state index < -0.39 is 17.9 Å². The van der Waals surface area contributed by atoms with E-state index >= 15 is 0 Å². The number of para-hydroxylation sites is 1. The number of rotatable bonds is 6. The third kappa shape index (κ3) is 5.92. The topological polar surface area (TPSA) is 76.7 Å². The summed E-state index contributed by atoms with van der Waals surface area (Å²) in [6.07, 6.45) is -0.750. The average Bonchev–Trinajstić information content (AvgIpc) is 2.60. The first kappa shape index (κ1) is 17.8. The van der Waals surface area contributed by atoms with Gasteiger partial charge in [0.15, 0.2) is 12.7 Å². The summed E-state index contributed by atoms with van der Waals surface area (Å²) in [7, 11) is 0. The zero-order valence-corrected chi connectivity index (χ0v) is 14.6. The molecule has 6 nitrogen and oxygen atoms in total. The lowest BCUT2D eigenvalue weighted by Gasteiger charge is -2.15. The van der Waals surface area contributed by atoms with Gasteiger partial charge < -0.3 is 9.47 Å². The lowest BCUT2D eigenvalue weighted by molar-refractivity contribution is -0.133. The van der Waals surface area contributed by atoms with Crippen molar-refractivity contribution in [3.63, 3.8) is 0 Å². The first-order valence-corrected chi connectivity index (χ1v) is 8.02. The van der Waals surface area contributed by atoms with Crippen LogP contribution in [0, 0.1) is 0 Å². The SMILES string of the molecule is CC(Oc1ccccc1)C(=O)NNC(=O)COc1ccc(Br)cc1. The van der Waals surface area contributed by atoms with Crippen molar-refractivity contribution in [3.05, 3.63) is 59.1 Å². The molecule has 24 heavy (non-hydrogen) atoms. The highest BCUT2D eigenvalue weighted by Crippen LogP contribution is 2.15. The molecule has 7 heteroatoms. The Labute approximate surface area is 148 Å². The van der Waals surface area contributed by atoms with Crippen molar-refractivity contribution in [2.24, 2.45) is 0 Å². The number of hydrogen-bond donors (Lipinski definition) is 2. The van der Waals surface area contributed by atoms with Gasteiger partial charge in [-0.2, -0.15) is 0 Å². The zero-order valence-electron chi connectivity index (χ0n) is 13.0. The Morgan fingerprint density at radius 2 is 1.67 bits per heavy atom. The summed E-state index contributed by atoms with van der Waals surface area (Å²) in [5, 5.41) is 0. The Kier molecular flexibility index (Phi) is 6.62. The summed E-state index contributed by atoms with van der Waals surface area (Å²) in [6.45, 7) is 1.38. The molecule has 0 saturated carbocycles. The highest BCUT2D eigenvalue weighted by Gasteiger charge is 2.15. The molecule has 126 valence electrons. The predicted molar refractivity (Wildman–Crippen MR) is 92.5 cm³/mol. The smallest absolute Gasteiger partial charge is 0.279 e. The van der Waals surface area contributed by atoms with E-state index in [1.807, 2.05) is 6.07 Å². The minimum atomic E-state index is -0.750. The maximum Gasteiger partial charge on any atom is 0.279 e. The van der Waals surface area contributed by atoms with E-state index in [0.29, 0.717) is 11.5 Å². The molecule has 0 saturated heterocycles. The monoisotopic (exact) mass is 392 g/mol. The zero-order chi connectivity index (χ0) is 17.4. The van der Waals surface area contributed by atoms with Crippen molar-refractivity contribution in [2.75, 3.05) is 6.61 Å². The third-order valence-corrected chi connectivity index (χ3v) is 3.46. The largest absolute Gasteiger partial charge is 0.484 e. The standard InChI is InChI=1S/C17H17BrN2O4/c1-12(24-15-5-3-2-4-6-15)17(22)20-19-16(21)11-23-14-9-7-13(18)8-10-14/h2-10,12H,11H2,1H3,(H,19,21)(H,20,22). The maximum absolute atomic E-state index is 11.9. The number of carbonyl (C=O) groups is 2. The Morgan fingerprint density at radius 3 is 2.33 bits per heavy atom. The van der Waals surface area contributed by atoms with Gasteiger partial charge in [0, 0.05) is 4.47 Å². The number of amides is 2. The molecule has 0 heterocycles. The molecule has 2 rings (SSSR count). The van der Waals surface area contributed by atoms with Crippen molar-refractivity contribution >= 4 is 27.7 Å². The normalized spacial score (nSPS) is 11.2. The predicted octanol–water partition coefficient (Wildman–Crippen LogP) is 2.44. The molecular formula is C17H17BrN2O4. The first-order chi connectivity index (χ1) is 11.5. The molecule has 1 atom stereocenters. The number of hydrogen-bond acceptors (Lipinski definition) is 4. The van der Waals surface area contributed by atoms with Crippen LogP contribution in [-0.2, 0) is 9.59 Å². The van der Waals surface area contributed by atoms with Crippen molar-refractivity contribution in [3.8, 4) is 11.5 Å². The molecule has 0 bridgehead atoms. The second-order valence-electron chi connectivity index (χ2n) is 4.85. The van der Waals surface area contributed by atoms with Gasteiger partial charge in [-0.1, -0.05) is 34.1 Å². The van der Waals surface area contributed by atoms with Crippen LogP contribution >= 0.6 is 15.9 Å². The summed E-state index contributed by atoms with van der Waals surface area (Å²) >= 11 is 3.31. The van der Waals surface area contributed by atoms with Gasteiger partial charge in [0.2, 0.25) is 0 Å². The van der Waals surface area contributed by atoms with Crippen LogP contribution in [0.1, 0.15) is 6.92 Å². The summed E-state index contributed by atoms with van der Waals surface area (Å²) in [6, 6.07) is 16.0. The first-order valence-electron chi connectivity index (χ1n) is 7.23. The summed E-state index contributed by atoms with van der Waals surface area (Å²) in [5.41, 5.74) is 4.57. The molecular weight excluding hydrogens is 376 g/mol. The number of nitrogens with one attached hydrogen (secondary N) is 2. The average molecular weight is 393 g/mol. The fourth-order valence-corrected chi connectivity index (χ4v) is 1.97. The van der Waals surface area contributed by atoms with Crippen LogP contribution in [-0.4, -0.2) is 24.5 Å². The lowest BCUT2D eigenvalue weighted by Crippen LogP contribution is -2.48. The summed E-state index contributed by atoms with van der Waals surface area (Å²) < 4.78 is 11.7. The van der Waals surface area contributed by atoms with Gasteiger partial charge in [0.05, 0.1) is 0 Å². The number of carbonyl (C=O) groups excluding carboxylic acids is 2. The van der Waals surface area contributed by atoms with Crippen LogP contribution in [0.4, 0.5) is 0 Å². The van der Waals surface area contributed by atoms with E-state index in [1.165, 1.54) is 0 Å². The molecule has 2 amide bonds. The van der Waals surface area contributed by atoms with Crippen LogP contribution in [0.3, 0.4) is 0 Å². The van der Waals surface area contributed by atoms with Gasteiger partial charge in [-0.15, -0.1) is 0 Å². The quantitative estimate of drug-likeness (QED) is 0.740. The molecule has 0 aliphatic rings. The molecule has 0 radical (unpaired) electrons. The van der Waals surface area contributed by atoms with Crippen LogP contribution < -0.4 is 20.3 Å². The highest BCUT2D eigenvalue weighted by molar-refractivity contribution is 9.10. The minimum absolute atomic E-state index is 0.212. The Bertz CT molecular complexity index is 677. The van der Waals surface area contributed by atoms with E-state index in [4.69, 9.17) is 9.47 Å². The van der Waals surface area contributed by atoms with E-state index in [9.17, 15) is 9.59 Å². The van der Waals surface area contributed by atoms with Gasteiger partial charge in [0.1, 0.15) is 11.5 Å². The summed E-state index contributed by atoms with van der Waals surface area (Å²) in [4.78, 5) is 23.5. The molecule has 2 N–H and O–H groups in total. The Balaban J connectivity index is 1.70. The van der Waals surface area contributed by atoms with Crippen molar-refractivity contribution < 1.29 is 19.1 Å². The van der Waals surface area contributed by atoms with Crippen molar-refractivity contribution in [1.29, 1.82) is 0 Å². The van der Waals surface area contributed by atoms with Crippen molar-refractivity contribution in [1.82, 2.24) is 10.9 Å². The maximum atomic E-state index is 11.9. The van der Waals surface area contributed by atoms with E-state index in [-0.39, 0.29) is 6.61 Å². The van der Waals surface area contributed by atoms with Crippen LogP contribution in [0.2, 0.25) is 0 Å². The molecule has 0 aromatic heterocycles. The van der Waals surface area contributed by atoms with E-state index in [1.54, 1.807) is 55.5 Å². The number of benzene rings is 2. The van der Waals surface area contributed by atoms with Crippen LogP contribution in [0.25, 0.3) is 0 Å². The Hall–Kier alpha value is -2.54. The molecule has 0 aliphatic heterocycles. The molecule has 1 unspecified atom stereocenters. The van der Waals surface area contributed by atoms with Crippen molar-refractivity contribution in [2.45, 2.75) is 13.0 Å². The minimum Gasteiger partial charge on any atom is -0.484 e. The number of hydrazine groups is 1. The third-order valence-electron chi connectivity index (χ3n) is 2.93. The fourth-order valence-electron chi connectivity index (χ4n) is 1.71. The van der Waals surface area contributed by atoms with Gasteiger partial charge >= 0.3 is 0 Å². The second kappa shape index (κ2) is 8.93. The van der Waals surface area contributed by atoms with Crippen LogP contribution in [0.5, 0.6) is 11.5 Å². The van der Waals surface area contributed by atoms with Gasteiger partial charge in [-0.3, -0.25) is 20.4 Å². The molecule has 0 spiro atoms. The van der Waals surface area contributed by atoms with Gasteiger partial charge in [-0.05, 0) is 43.3 Å². The summed E-state index contributed by atoms with van der Waals surface area (Å²) in [5.74, 6) is 0.194. The number of halogens is 1. The van der Waals surface area contributed by atoms with Crippen LogP contribution in [0.15, 0.2) is 59.1 Å². The highest BCUT2D eigenvalue weighted by atomic mass is 79.9. The Morgan fingerprint density at radius 1 is 1.00 bits per heavy atom. The molecule has 0 fully saturated rings. The molecule has 2 aromatic carbocycles. The number of ether oxygens (including phenoxy) is 2. The van der Waals surface area contributed by atoms with E-state index in [0.717, 1.165) is 4.47 Å². The molecule has 2 aromatic rings. The second-order valence-corrected chi connectivity index (χ2v) is 5.77. The molecule has 0 aliphatic carbocycles. The lowest BCUT2D eigenvalue weighted by atomic mass is 10.3.